The zero-order chi connectivity index (χ0) is 19.5. The van der Waals surface area contributed by atoms with Gasteiger partial charge in [-0.15, -0.1) is 11.3 Å². The number of nitrogens with one attached hydrogen (secondary N) is 1. The summed E-state index contributed by atoms with van der Waals surface area (Å²) in [7, 11) is 0. The number of aryl methyl sites for hydroxylation is 2. The number of aromatic nitrogens is 4. The number of carbonyl (C=O) groups is 1. The zero-order valence-electron chi connectivity index (χ0n) is 16.0. The Bertz CT molecular complexity index is 962. The van der Waals surface area contributed by atoms with Crippen LogP contribution in [0.5, 0.6) is 0 Å². The highest BCUT2D eigenvalue weighted by Crippen LogP contribution is 2.24. The van der Waals surface area contributed by atoms with E-state index in [1.807, 2.05) is 32.0 Å². The van der Waals surface area contributed by atoms with Crippen LogP contribution in [0.25, 0.3) is 11.4 Å². The highest BCUT2D eigenvalue weighted by atomic mass is 32.1. The molecule has 0 unspecified atom stereocenters. The molecule has 0 spiro atoms. The van der Waals surface area contributed by atoms with Crippen molar-refractivity contribution in [1.82, 2.24) is 25.3 Å². The number of thiazole rings is 1. The van der Waals surface area contributed by atoms with Crippen LogP contribution in [0.3, 0.4) is 0 Å². The normalized spacial score (nSPS) is 13.7. The summed E-state index contributed by atoms with van der Waals surface area (Å²) in [5.41, 5.74) is 2.64. The standard InChI is InChI=1S/C20H22N6OS/c1-13-14(2)28-17(24-13)12-22-19(27)15-11-23-20(26-9-5-6-10-26)25-18(15)16-7-3-4-8-21-16/h3-4,7-8,11H,5-6,9-10,12H2,1-2H3,(H,22,27). The molecule has 28 heavy (non-hydrogen) atoms. The van der Waals surface area contributed by atoms with Gasteiger partial charge in [-0.2, -0.15) is 0 Å². The number of anilines is 1. The first-order valence-electron chi connectivity index (χ1n) is 9.36. The Morgan fingerprint density at radius 1 is 1.18 bits per heavy atom. The molecule has 0 radical (unpaired) electrons. The molecule has 0 bridgehead atoms. The third-order valence-corrected chi connectivity index (χ3v) is 5.86. The maximum absolute atomic E-state index is 12.9. The second-order valence-electron chi connectivity index (χ2n) is 6.77. The van der Waals surface area contributed by atoms with Crippen LogP contribution in [0.15, 0.2) is 30.6 Å². The molecule has 0 aromatic carbocycles. The molecule has 1 saturated heterocycles. The lowest BCUT2D eigenvalue weighted by Crippen LogP contribution is -2.26. The van der Waals surface area contributed by atoms with Crippen LogP contribution in [-0.2, 0) is 6.54 Å². The molecule has 1 aliphatic rings. The van der Waals surface area contributed by atoms with Gasteiger partial charge in [-0.1, -0.05) is 6.07 Å². The van der Waals surface area contributed by atoms with Gasteiger partial charge in [-0.25, -0.2) is 15.0 Å². The van der Waals surface area contributed by atoms with Crippen molar-refractivity contribution in [2.24, 2.45) is 0 Å². The Kier molecular flexibility index (Phi) is 5.29. The Hall–Kier alpha value is -2.87. The van der Waals surface area contributed by atoms with E-state index in [2.05, 4.69) is 25.2 Å². The maximum Gasteiger partial charge on any atom is 0.255 e. The van der Waals surface area contributed by atoms with Crippen molar-refractivity contribution in [3.8, 4) is 11.4 Å². The number of hydrogen-bond donors (Lipinski definition) is 1. The van der Waals surface area contributed by atoms with E-state index in [-0.39, 0.29) is 5.91 Å². The van der Waals surface area contributed by atoms with Gasteiger partial charge in [0.05, 0.1) is 23.5 Å². The van der Waals surface area contributed by atoms with E-state index in [1.54, 1.807) is 23.7 Å². The van der Waals surface area contributed by atoms with Gasteiger partial charge >= 0.3 is 0 Å². The van der Waals surface area contributed by atoms with E-state index < -0.39 is 0 Å². The van der Waals surface area contributed by atoms with Crippen LogP contribution in [0.4, 0.5) is 5.95 Å². The highest BCUT2D eigenvalue weighted by Gasteiger charge is 2.21. The monoisotopic (exact) mass is 394 g/mol. The molecule has 0 saturated carbocycles. The molecule has 144 valence electrons. The fourth-order valence-corrected chi connectivity index (χ4v) is 4.05. The molecule has 1 N–H and O–H groups in total. The molecule has 1 aliphatic heterocycles. The molecular weight excluding hydrogens is 372 g/mol. The van der Waals surface area contributed by atoms with Crippen molar-refractivity contribution in [2.45, 2.75) is 33.2 Å². The highest BCUT2D eigenvalue weighted by molar-refractivity contribution is 7.11. The summed E-state index contributed by atoms with van der Waals surface area (Å²) in [4.78, 5) is 34.2. The Morgan fingerprint density at radius 2 is 2.00 bits per heavy atom. The summed E-state index contributed by atoms with van der Waals surface area (Å²) < 4.78 is 0. The van der Waals surface area contributed by atoms with Gasteiger partial charge in [0.25, 0.3) is 5.91 Å². The fraction of sp³-hybridized carbons (Fsp3) is 0.350. The van der Waals surface area contributed by atoms with Crippen molar-refractivity contribution in [3.63, 3.8) is 0 Å². The lowest BCUT2D eigenvalue weighted by Gasteiger charge is -2.17. The number of carbonyl (C=O) groups excluding carboxylic acids is 1. The van der Waals surface area contributed by atoms with Gasteiger partial charge in [-0.05, 0) is 38.8 Å². The molecule has 0 atom stereocenters. The van der Waals surface area contributed by atoms with Gasteiger partial charge in [0.2, 0.25) is 5.95 Å². The van der Waals surface area contributed by atoms with E-state index >= 15 is 0 Å². The minimum absolute atomic E-state index is 0.223. The van der Waals surface area contributed by atoms with Crippen LogP contribution in [0, 0.1) is 13.8 Å². The summed E-state index contributed by atoms with van der Waals surface area (Å²) >= 11 is 1.60. The van der Waals surface area contributed by atoms with Crippen LogP contribution < -0.4 is 10.2 Å². The quantitative estimate of drug-likeness (QED) is 0.716. The molecule has 7 nitrogen and oxygen atoms in total. The molecule has 1 amide bonds. The number of rotatable bonds is 5. The molecule has 4 rings (SSSR count). The van der Waals surface area contributed by atoms with Crippen LogP contribution in [-0.4, -0.2) is 38.9 Å². The lowest BCUT2D eigenvalue weighted by atomic mass is 10.1. The molecular formula is C20H22N6OS. The number of nitrogens with zero attached hydrogens (tertiary/aromatic N) is 5. The number of hydrogen-bond acceptors (Lipinski definition) is 7. The van der Waals surface area contributed by atoms with Gasteiger partial charge < -0.3 is 10.2 Å². The minimum atomic E-state index is -0.223. The third-order valence-electron chi connectivity index (χ3n) is 4.79. The SMILES string of the molecule is Cc1nc(CNC(=O)c2cnc(N3CCCC3)nc2-c2ccccn2)sc1C. The first-order valence-corrected chi connectivity index (χ1v) is 10.2. The van der Waals surface area contributed by atoms with Gasteiger partial charge in [0.1, 0.15) is 10.7 Å². The van der Waals surface area contributed by atoms with E-state index in [9.17, 15) is 4.79 Å². The Morgan fingerprint density at radius 3 is 2.68 bits per heavy atom. The van der Waals surface area contributed by atoms with Crippen molar-refractivity contribution in [1.29, 1.82) is 0 Å². The van der Waals surface area contributed by atoms with Crippen molar-refractivity contribution in [2.75, 3.05) is 18.0 Å². The van der Waals surface area contributed by atoms with Gasteiger partial charge in [0, 0.05) is 30.4 Å². The smallest absolute Gasteiger partial charge is 0.255 e. The number of amides is 1. The molecule has 4 heterocycles. The minimum Gasteiger partial charge on any atom is -0.345 e. The summed E-state index contributed by atoms with van der Waals surface area (Å²) in [6.07, 6.45) is 5.59. The van der Waals surface area contributed by atoms with E-state index in [0.717, 1.165) is 41.5 Å². The van der Waals surface area contributed by atoms with Crippen molar-refractivity contribution >= 4 is 23.2 Å². The second-order valence-corrected chi connectivity index (χ2v) is 8.06. The van der Waals surface area contributed by atoms with E-state index in [4.69, 9.17) is 4.98 Å². The van der Waals surface area contributed by atoms with Gasteiger partial charge in [-0.3, -0.25) is 9.78 Å². The first-order chi connectivity index (χ1) is 13.6. The maximum atomic E-state index is 12.9. The topological polar surface area (TPSA) is 83.9 Å². The molecule has 8 heteroatoms. The van der Waals surface area contributed by atoms with Crippen molar-refractivity contribution < 1.29 is 4.79 Å². The summed E-state index contributed by atoms with van der Waals surface area (Å²) in [5.74, 6) is 0.431. The van der Waals surface area contributed by atoms with Crippen LogP contribution in [0.2, 0.25) is 0 Å². The Labute approximate surface area is 167 Å². The predicted octanol–water partition coefficient (Wildman–Crippen LogP) is 3.14. The average Bonchev–Trinajstić information content (AvgIpc) is 3.37. The summed E-state index contributed by atoms with van der Waals surface area (Å²) in [6, 6.07) is 5.60. The predicted molar refractivity (Wildman–Crippen MR) is 109 cm³/mol. The second kappa shape index (κ2) is 8.02. The lowest BCUT2D eigenvalue weighted by molar-refractivity contribution is 0.0951. The zero-order valence-corrected chi connectivity index (χ0v) is 16.8. The largest absolute Gasteiger partial charge is 0.345 e. The van der Waals surface area contributed by atoms with Crippen LogP contribution in [0.1, 0.15) is 38.8 Å². The fourth-order valence-electron chi connectivity index (χ4n) is 3.17. The Balaban J connectivity index is 1.62. The molecule has 1 fully saturated rings. The summed E-state index contributed by atoms with van der Waals surface area (Å²) in [5, 5.41) is 3.83. The van der Waals surface area contributed by atoms with Crippen LogP contribution >= 0.6 is 11.3 Å². The number of pyridine rings is 1. The average molecular weight is 395 g/mol. The third kappa shape index (κ3) is 3.87. The van der Waals surface area contributed by atoms with E-state index in [1.165, 1.54) is 0 Å². The van der Waals surface area contributed by atoms with Gasteiger partial charge in [0.15, 0.2) is 0 Å². The molecule has 3 aromatic heterocycles. The van der Waals surface area contributed by atoms with E-state index in [0.29, 0.717) is 29.4 Å². The summed E-state index contributed by atoms with van der Waals surface area (Å²) in [6.45, 7) is 6.27. The molecule has 0 aliphatic carbocycles. The van der Waals surface area contributed by atoms with Crippen molar-refractivity contribution in [3.05, 3.63) is 51.7 Å². The molecule has 3 aromatic rings. The first kappa shape index (κ1) is 18.5.